The summed E-state index contributed by atoms with van der Waals surface area (Å²) in [5.41, 5.74) is -0.918. The standard InChI is InChI=1S/C12H18F3N5/c1-8-7-20(5-4-19(8)3)10-6-9(12(13,14)15)17-11(16-2)18-10/h6,8H,4-5,7H2,1-3H3,(H,16,17,18). The van der Waals surface area contributed by atoms with E-state index in [1.54, 1.807) is 0 Å². The number of likely N-dealkylation sites (N-methyl/N-ethyl adjacent to an activating group) is 1. The highest BCUT2D eigenvalue weighted by Gasteiger charge is 2.34. The van der Waals surface area contributed by atoms with Crippen molar-refractivity contribution in [3.63, 3.8) is 0 Å². The van der Waals surface area contributed by atoms with E-state index in [1.807, 2.05) is 18.9 Å². The molecular formula is C12H18F3N5. The van der Waals surface area contributed by atoms with Crippen molar-refractivity contribution in [2.45, 2.75) is 19.1 Å². The maximum Gasteiger partial charge on any atom is 0.433 e. The van der Waals surface area contributed by atoms with E-state index in [2.05, 4.69) is 20.2 Å². The number of hydrogen-bond acceptors (Lipinski definition) is 5. The molecule has 5 nitrogen and oxygen atoms in total. The van der Waals surface area contributed by atoms with Gasteiger partial charge >= 0.3 is 6.18 Å². The Morgan fingerprint density at radius 2 is 2.00 bits per heavy atom. The van der Waals surface area contributed by atoms with Gasteiger partial charge in [-0.1, -0.05) is 0 Å². The third-order valence-corrected chi connectivity index (χ3v) is 3.51. The first kappa shape index (κ1) is 14.8. The zero-order valence-corrected chi connectivity index (χ0v) is 11.7. The molecule has 0 radical (unpaired) electrons. The fraction of sp³-hybridized carbons (Fsp3) is 0.667. The molecule has 8 heteroatoms. The molecule has 0 aliphatic carbocycles. The van der Waals surface area contributed by atoms with Gasteiger partial charge in [0.05, 0.1) is 0 Å². The zero-order valence-electron chi connectivity index (χ0n) is 11.7. The van der Waals surface area contributed by atoms with E-state index in [1.165, 1.54) is 7.05 Å². The summed E-state index contributed by atoms with van der Waals surface area (Å²) in [5, 5.41) is 2.58. The summed E-state index contributed by atoms with van der Waals surface area (Å²) in [5.74, 6) is 0.304. The van der Waals surface area contributed by atoms with Crippen LogP contribution in [0.5, 0.6) is 0 Å². The number of aromatic nitrogens is 2. The smallest absolute Gasteiger partial charge is 0.357 e. The quantitative estimate of drug-likeness (QED) is 0.897. The van der Waals surface area contributed by atoms with Crippen molar-refractivity contribution in [2.24, 2.45) is 0 Å². The monoisotopic (exact) mass is 289 g/mol. The van der Waals surface area contributed by atoms with Gasteiger partial charge in [-0.25, -0.2) is 4.98 Å². The van der Waals surface area contributed by atoms with Crippen LogP contribution in [0.2, 0.25) is 0 Å². The van der Waals surface area contributed by atoms with Crippen molar-refractivity contribution in [1.29, 1.82) is 0 Å². The highest BCUT2D eigenvalue weighted by atomic mass is 19.4. The summed E-state index contributed by atoms with van der Waals surface area (Å²) < 4.78 is 38.5. The summed E-state index contributed by atoms with van der Waals surface area (Å²) in [6.07, 6.45) is -4.47. The Hall–Kier alpha value is -1.57. The minimum absolute atomic E-state index is 0.0126. The summed E-state index contributed by atoms with van der Waals surface area (Å²) in [7, 11) is 3.51. The third kappa shape index (κ3) is 3.12. The average molecular weight is 289 g/mol. The summed E-state index contributed by atoms with van der Waals surface area (Å²) >= 11 is 0. The molecule has 1 aromatic heterocycles. The van der Waals surface area contributed by atoms with Crippen LogP contribution in [0.4, 0.5) is 24.9 Å². The van der Waals surface area contributed by atoms with E-state index in [-0.39, 0.29) is 12.0 Å². The number of alkyl halides is 3. The normalized spacial score (nSPS) is 21.1. The molecule has 20 heavy (non-hydrogen) atoms. The first-order valence-electron chi connectivity index (χ1n) is 6.40. The average Bonchev–Trinajstić information content (AvgIpc) is 2.40. The van der Waals surface area contributed by atoms with Gasteiger partial charge in [-0.15, -0.1) is 0 Å². The van der Waals surface area contributed by atoms with Gasteiger partial charge in [0.2, 0.25) is 5.95 Å². The number of nitrogens with zero attached hydrogens (tertiary/aromatic N) is 4. The number of nitrogens with one attached hydrogen (secondary N) is 1. The lowest BCUT2D eigenvalue weighted by Crippen LogP contribution is -2.50. The lowest BCUT2D eigenvalue weighted by Gasteiger charge is -2.38. The van der Waals surface area contributed by atoms with Gasteiger partial charge in [0.1, 0.15) is 5.82 Å². The van der Waals surface area contributed by atoms with Crippen molar-refractivity contribution < 1.29 is 13.2 Å². The predicted molar refractivity (Wildman–Crippen MR) is 70.9 cm³/mol. The third-order valence-electron chi connectivity index (χ3n) is 3.51. The Kier molecular flexibility index (Phi) is 4.03. The second-order valence-electron chi connectivity index (χ2n) is 4.96. The van der Waals surface area contributed by atoms with Crippen LogP contribution >= 0.6 is 0 Å². The van der Waals surface area contributed by atoms with Gasteiger partial charge in [0.25, 0.3) is 0 Å². The zero-order chi connectivity index (χ0) is 14.9. The SMILES string of the molecule is CNc1nc(N2CCN(C)C(C)C2)cc(C(F)(F)F)n1. The molecule has 1 N–H and O–H groups in total. The fourth-order valence-electron chi connectivity index (χ4n) is 2.11. The molecule has 2 rings (SSSR count). The van der Waals surface area contributed by atoms with Crippen molar-refractivity contribution in [2.75, 3.05) is 43.9 Å². The van der Waals surface area contributed by atoms with Gasteiger partial charge in [-0.3, -0.25) is 0 Å². The topological polar surface area (TPSA) is 44.3 Å². The number of anilines is 2. The molecule has 112 valence electrons. The first-order chi connectivity index (χ1) is 9.31. The van der Waals surface area contributed by atoms with Crippen molar-refractivity contribution in [3.05, 3.63) is 11.8 Å². The maximum atomic E-state index is 12.8. The van der Waals surface area contributed by atoms with Crippen LogP contribution < -0.4 is 10.2 Å². The fourth-order valence-corrected chi connectivity index (χ4v) is 2.11. The molecule has 0 bridgehead atoms. The van der Waals surface area contributed by atoms with Gasteiger partial charge in [0.15, 0.2) is 5.69 Å². The van der Waals surface area contributed by atoms with Crippen LogP contribution in [0.3, 0.4) is 0 Å². The molecule has 1 aliphatic heterocycles. The molecule has 0 amide bonds. The lowest BCUT2D eigenvalue weighted by molar-refractivity contribution is -0.141. The molecule has 0 aromatic carbocycles. The summed E-state index contributed by atoms with van der Waals surface area (Å²) in [4.78, 5) is 11.6. The van der Waals surface area contributed by atoms with Crippen LogP contribution in [0, 0.1) is 0 Å². The predicted octanol–water partition coefficient (Wildman–Crippen LogP) is 1.68. The van der Waals surface area contributed by atoms with E-state index >= 15 is 0 Å². The Labute approximate surface area is 115 Å². The molecule has 1 saturated heterocycles. The van der Waals surface area contributed by atoms with Gasteiger partial charge in [-0.2, -0.15) is 18.2 Å². The van der Waals surface area contributed by atoms with Crippen LogP contribution in [0.25, 0.3) is 0 Å². The van der Waals surface area contributed by atoms with Crippen LogP contribution in [0.15, 0.2) is 6.07 Å². The maximum absolute atomic E-state index is 12.8. The van der Waals surface area contributed by atoms with Gasteiger partial charge in [-0.05, 0) is 14.0 Å². The molecule has 2 heterocycles. The molecule has 1 aliphatic rings. The molecule has 0 saturated carbocycles. The van der Waals surface area contributed by atoms with E-state index in [0.717, 1.165) is 12.6 Å². The molecule has 0 spiro atoms. The minimum Gasteiger partial charge on any atom is -0.357 e. The van der Waals surface area contributed by atoms with E-state index in [9.17, 15) is 13.2 Å². The molecule has 1 aromatic rings. The highest BCUT2D eigenvalue weighted by molar-refractivity contribution is 5.46. The van der Waals surface area contributed by atoms with E-state index < -0.39 is 11.9 Å². The van der Waals surface area contributed by atoms with Gasteiger partial charge in [0, 0.05) is 38.8 Å². The van der Waals surface area contributed by atoms with E-state index in [4.69, 9.17) is 0 Å². The minimum atomic E-state index is -4.47. The Bertz CT molecular complexity index is 477. The van der Waals surface area contributed by atoms with Crippen LogP contribution in [0.1, 0.15) is 12.6 Å². The number of piperazine rings is 1. The number of hydrogen-bond donors (Lipinski definition) is 1. The lowest BCUT2D eigenvalue weighted by atomic mass is 10.2. The van der Waals surface area contributed by atoms with E-state index in [0.29, 0.717) is 18.9 Å². The van der Waals surface area contributed by atoms with Crippen molar-refractivity contribution in [1.82, 2.24) is 14.9 Å². The van der Waals surface area contributed by atoms with Crippen molar-refractivity contribution in [3.8, 4) is 0 Å². The Morgan fingerprint density at radius 3 is 2.55 bits per heavy atom. The molecule has 1 fully saturated rings. The Balaban J connectivity index is 2.31. The highest BCUT2D eigenvalue weighted by Crippen LogP contribution is 2.31. The second kappa shape index (κ2) is 5.43. The molecular weight excluding hydrogens is 271 g/mol. The number of rotatable bonds is 2. The summed E-state index contributed by atoms with van der Waals surface area (Å²) in [6.45, 7) is 4.13. The molecule has 1 unspecified atom stereocenters. The largest absolute Gasteiger partial charge is 0.433 e. The Morgan fingerprint density at radius 1 is 1.30 bits per heavy atom. The van der Waals surface area contributed by atoms with Crippen molar-refractivity contribution >= 4 is 11.8 Å². The number of halogens is 3. The molecule has 1 atom stereocenters. The first-order valence-corrected chi connectivity index (χ1v) is 6.40. The van der Waals surface area contributed by atoms with Crippen LogP contribution in [-0.2, 0) is 6.18 Å². The van der Waals surface area contributed by atoms with Crippen LogP contribution in [-0.4, -0.2) is 54.6 Å². The second-order valence-corrected chi connectivity index (χ2v) is 4.96. The summed E-state index contributed by atoms with van der Waals surface area (Å²) in [6, 6.07) is 1.28. The van der Waals surface area contributed by atoms with Gasteiger partial charge < -0.3 is 15.1 Å².